The molecule has 2 amide bonds. The third-order valence-corrected chi connectivity index (χ3v) is 7.05. The Labute approximate surface area is 216 Å². The van der Waals surface area contributed by atoms with E-state index in [4.69, 9.17) is 5.21 Å². The Morgan fingerprint density at radius 2 is 1.95 bits per heavy atom. The molecule has 37 heavy (non-hydrogen) atoms. The maximum Gasteiger partial charge on any atom is 0.247 e. The van der Waals surface area contributed by atoms with Crippen molar-refractivity contribution in [2.24, 2.45) is 11.3 Å². The number of imidazole rings is 1. The van der Waals surface area contributed by atoms with Crippen LogP contribution in [0.2, 0.25) is 0 Å². The van der Waals surface area contributed by atoms with E-state index in [1.54, 1.807) is 30.3 Å². The largest absolute Gasteiger partial charge is 0.335 e. The summed E-state index contributed by atoms with van der Waals surface area (Å²) < 4.78 is 1.97. The lowest BCUT2D eigenvalue weighted by atomic mass is 9.73. The zero-order valence-electron chi connectivity index (χ0n) is 21.2. The molecule has 2 aromatic heterocycles. The second kappa shape index (κ2) is 11.3. The molecule has 0 spiro atoms. The zero-order chi connectivity index (χ0) is 26.4. The second-order valence-corrected chi connectivity index (χ2v) is 10.0. The van der Waals surface area contributed by atoms with E-state index in [1.807, 2.05) is 36.6 Å². The van der Waals surface area contributed by atoms with Gasteiger partial charge in [0.2, 0.25) is 11.8 Å². The normalized spacial score (nSPS) is 13.3. The maximum atomic E-state index is 13.2. The molecule has 0 radical (unpaired) electrons. The van der Waals surface area contributed by atoms with Crippen molar-refractivity contribution in [2.45, 2.75) is 45.7 Å². The van der Waals surface area contributed by atoms with Crippen molar-refractivity contribution >= 4 is 33.6 Å². The highest BCUT2D eigenvalue weighted by Crippen LogP contribution is 2.35. The van der Waals surface area contributed by atoms with E-state index in [-0.39, 0.29) is 18.5 Å². The van der Waals surface area contributed by atoms with Crippen LogP contribution in [0, 0.1) is 11.3 Å². The summed E-state index contributed by atoms with van der Waals surface area (Å²) in [6, 6.07) is 16.4. The van der Waals surface area contributed by atoms with Crippen molar-refractivity contribution in [2.75, 3.05) is 0 Å². The van der Waals surface area contributed by atoms with Gasteiger partial charge in [0.25, 0.3) is 0 Å². The average Bonchev–Trinajstić information content (AvgIpc) is 3.34. The molecule has 0 aliphatic carbocycles. The number of nitrogens with one attached hydrogen (secondary N) is 2. The highest BCUT2D eigenvalue weighted by atomic mass is 16.5. The third-order valence-electron chi connectivity index (χ3n) is 7.05. The Morgan fingerprint density at radius 1 is 1.16 bits per heavy atom. The minimum atomic E-state index is -0.528. The standard InChI is InChI=1S/C29H33N5O3/c1-4-7-23(28(36)33-37)29(2,3)14-12-27(35)32-26(34-19-31-24-18-30-15-13-25(24)34)17-20-10-11-21-8-5-6-9-22(21)16-20/h4-6,8-11,13,15-16,18-19,23,26,37H,1,7,12,14,17H2,2-3H3,(H,32,35)(H,33,36)/t23-,26+/m1/s1. The van der Waals surface area contributed by atoms with Crippen molar-refractivity contribution in [3.63, 3.8) is 0 Å². The number of pyridine rings is 1. The van der Waals surface area contributed by atoms with Gasteiger partial charge in [-0.05, 0) is 40.7 Å². The van der Waals surface area contributed by atoms with Crippen LogP contribution in [0.25, 0.3) is 21.8 Å². The van der Waals surface area contributed by atoms with Crippen molar-refractivity contribution in [3.05, 3.63) is 85.5 Å². The Kier molecular flexibility index (Phi) is 7.98. The average molecular weight is 500 g/mol. The summed E-state index contributed by atoms with van der Waals surface area (Å²) >= 11 is 0. The third kappa shape index (κ3) is 6.03. The molecule has 3 N–H and O–H groups in total. The zero-order valence-corrected chi connectivity index (χ0v) is 21.2. The van der Waals surface area contributed by atoms with Crippen molar-refractivity contribution in [3.8, 4) is 0 Å². The number of fused-ring (bicyclic) bond motifs is 2. The van der Waals surface area contributed by atoms with E-state index < -0.39 is 17.2 Å². The molecule has 4 aromatic rings. The molecule has 4 rings (SSSR count). The number of aromatic nitrogens is 3. The van der Waals surface area contributed by atoms with Gasteiger partial charge in [0.1, 0.15) is 11.7 Å². The summed E-state index contributed by atoms with van der Waals surface area (Å²) in [5.74, 6) is -1.10. The molecular weight excluding hydrogens is 466 g/mol. The molecule has 8 heteroatoms. The van der Waals surface area contributed by atoms with Gasteiger partial charge in [-0.15, -0.1) is 6.58 Å². The lowest BCUT2D eigenvalue weighted by Crippen LogP contribution is -2.39. The second-order valence-electron chi connectivity index (χ2n) is 10.0. The van der Waals surface area contributed by atoms with E-state index in [1.165, 1.54) is 0 Å². The van der Waals surface area contributed by atoms with E-state index >= 15 is 0 Å². The number of carbonyl (C=O) groups excluding carboxylic acids is 2. The van der Waals surface area contributed by atoms with Crippen molar-refractivity contribution < 1.29 is 14.8 Å². The number of benzene rings is 2. The molecule has 0 fully saturated rings. The number of nitrogens with zero attached hydrogens (tertiary/aromatic N) is 3. The number of allylic oxidation sites excluding steroid dienone is 1. The Morgan fingerprint density at radius 3 is 2.70 bits per heavy atom. The van der Waals surface area contributed by atoms with Gasteiger partial charge in [-0.2, -0.15) is 0 Å². The molecule has 0 bridgehead atoms. The fourth-order valence-electron chi connectivity index (χ4n) is 4.83. The lowest BCUT2D eigenvalue weighted by molar-refractivity contribution is -0.138. The van der Waals surface area contributed by atoms with E-state index in [0.29, 0.717) is 19.3 Å². The summed E-state index contributed by atoms with van der Waals surface area (Å²) in [7, 11) is 0. The maximum absolute atomic E-state index is 13.2. The molecule has 0 aliphatic heterocycles. The molecule has 0 aliphatic rings. The minimum absolute atomic E-state index is 0.128. The van der Waals surface area contributed by atoms with Gasteiger partial charge in [0, 0.05) is 25.0 Å². The van der Waals surface area contributed by atoms with Gasteiger partial charge < -0.3 is 9.88 Å². The van der Waals surface area contributed by atoms with Crippen LogP contribution in [0.5, 0.6) is 0 Å². The Bertz CT molecular complexity index is 1410. The van der Waals surface area contributed by atoms with Gasteiger partial charge >= 0.3 is 0 Å². The Hall–Kier alpha value is -4.04. The van der Waals surface area contributed by atoms with Crippen LogP contribution in [0.4, 0.5) is 0 Å². The van der Waals surface area contributed by atoms with Gasteiger partial charge in [0.15, 0.2) is 0 Å². The number of carbonyl (C=O) groups is 2. The smallest absolute Gasteiger partial charge is 0.247 e. The first-order chi connectivity index (χ1) is 17.8. The van der Waals surface area contributed by atoms with Gasteiger partial charge in [-0.1, -0.05) is 62.4 Å². The Balaban J connectivity index is 1.55. The summed E-state index contributed by atoms with van der Waals surface area (Å²) in [4.78, 5) is 34.1. The van der Waals surface area contributed by atoms with Crippen LogP contribution in [0.3, 0.4) is 0 Å². The number of hydrogen-bond acceptors (Lipinski definition) is 5. The monoisotopic (exact) mass is 499 g/mol. The summed E-state index contributed by atoms with van der Waals surface area (Å²) in [5, 5.41) is 14.7. The number of rotatable bonds is 11. The topological polar surface area (TPSA) is 109 Å². The molecule has 2 aromatic carbocycles. The van der Waals surface area contributed by atoms with Gasteiger partial charge in [-0.25, -0.2) is 10.5 Å². The number of hydrogen-bond donors (Lipinski definition) is 3. The van der Waals surface area contributed by atoms with Crippen LogP contribution in [0.1, 0.15) is 44.8 Å². The molecule has 192 valence electrons. The summed E-state index contributed by atoms with van der Waals surface area (Å²) in [5.41, 5.74) is 3.94. The van der Waals surface area contributed by atoms with Gasteiger partial charge in [0.05, 0.1) is 18.0 Å². The van der Waals surface area contributed by atoms with Crippen molar-refractivity contribution in [1.82, 2.24) is 25.3 Å². The molecule has 0 saturated heterocycles. The van der Waals surface area contributed by atoms with E-state index in [9.17, 15) is 9.59 Å². The molecule has 2 atom stereocenters. The fourth-order valence-corrected chi connectivity index (χ4v) is 4.83. The first-order valence-electron chi connectivity index (χ1n) is 12.4. The van der Waals surface area contributed by atoms with E-state index in [0.717, 1.165) is 27.4 Å². The van der Waals surface area contributed by atoms with Crippen LogP contribution in [-0.4, -0.2) is 31.6 Å². The highest BCUT2D eigenvalue weighted by molar-refractivity contribution is 5.83. The quantitative estimate of drug-likeness (QED) is 0.154. The first kappa shape index (κ1) is 26.0. The lowest BCUT2D eigenvalue weighted by Gasteiger charge is -2.32. The van der Waals surface area contributed by atoms with Gasteiger partial charge in [-0.3, -0.25) is 19.8 Å². The van der Waals surface area contributed by atoms with Crippen LogP contribution in [0.15, 0.2) is 79.9 Å². The molecule has 0 saturated carbocycles. The minimum Gasteiger partial charge on any atom is -0.335 e. The molecule has 2 heterocycles. The SMILES string of the molecule is C=CC[C@H](C(=O)NO)C(C)(C)CCC(=O)N[C@H](Cc1ccc2ccccc2c1)n1cnc2cnccc21. The first-order valence-corrected chi connectivity index (χ1v) is 12.4. The number of amides is 2. The van der Waals surface area contributed by atoms with Crippen LogP contribution in [-0.2, 0) is 16.0 Å². The fraction of sp³-hybridized carbons (Fsp3) is 0.310. The van der Waals surface area contributed by atoms with Crippen LogP contribution >= 0.6 is 0 Å². The van der Waals surface area contributed by atoms with Crippen molar-refractivity contribution in [1.29, 1.82) is 0 Å². The number of hydroxylamine groups is 1. The predicted molar refractivity (Wildman–Crippen MR) is 144 cm³/mol. The predicted octanol–water partition coefficient (Wildman–Crippen LogP) is 4.95. The molecular formula is C29H33N5O3. The van der Waals surface area contributed by atoms with Crippen LogP contribution < -0.4 is 10.8 Å². The molecule has 8 nitrogen and oxygen atoms in total. The summed E-state index contributed by atoms with van der Waals surface area (Å²) in [6.07, 6.45) is 8.09. The van der Waals surface area contributed by atoms with E-state index in [2.05, 4.69) is 52.2 Å². The molecule has 0 unspecified atom stereocenters. The summed E-state index contributed by atoms with van der Waals surface area (Å²) in [6.45, 7) is 7.57. The highest BCUT2D eigenvalue weighted by Gasteiger charge is 2.34.